The molecule has 1 unspecified atom stereocenters. The lowest BCUT2D eigenvalue weighted by Gasteiger charge is -2.42. The number of ether oxygens (including phenoxy) is 2. The topological polar surface area (TPSA) is 84.9 Å². The molecule has 6 heteroatoms. The Bertz CT molecular complexity index is 386. The van der Waals surface area contributed by atoms with Crippen molar-refractivity contribution in [2.24, 2.45) is 5.41 Å². The van der Waals surface area contributed by atoms with Crippen LogP contribution in [0.2, 0.25) is 0 Å². The zero-order chi connectivity index (χ0) is 13.4. The van der Waals surface area contributed by atoms with Gasteiger partial charge in [0.05, 0.1) is 23.7 Å². The highest BCUT2D eigenvalue weighted by atomic mass is 16.6. The summed E-state index contributed by atoms with van der Waals surface area (Å²) in [6.07, 6.45) is 1.50. The van der Waals surface area contributed by atoms with E-state index in [1.807, 2.05) is 0 Å². The van der Waals surface area contributed by atoms with Crippen molar-refractivity contribution in [1.29, 1.82) is 0 Å². The second-order valence-corrected chi connectivity index (χ2v) is 5.00. The molecule has 0 radical (unpaired) electrons. The van der Waals surface area contributed by atoms with E-state index in [0.717, 1.165) is 0 Å². The molecule has 1 aliphatic carbocycles. The fourth-order valence-corrected chi connectivity index (χ4v) is 2.87. The summed E-state index contributed by atoms with van der Waals surface area (Å²) in [6.45, 7) is 5.63. The van der Waals surface area contributed by atoms with E-state index >= 15 is 0 Å². The van der Waals surface area contributed by atoms with Crippen LogP contribution in [-0.2, 0) is 14.3 Å². The standard InChI is InChI=1S/C12H17NO5/c1-3-4-17-10(16)13-7-11-5-12(6-11,9(14)15)8(2)18-11/h3,8H,1,4-7H2,2H3,(H,13,16)(H,14,15). The van der Waals surface area contributed by atoms with Gasteiger partial charge in [-0.05, 0) is 19.8 Å². The van der Waals surface area contributed by atoms with Crippen LogP contribution in [0.3, 0.4) is 0 Å². The van der Waals surface area contributed by atoms with Crippen molar-refractivity contribution in [2.45, 2.75) is 31.5 Å². The SMILES string of the molecule is C=CCOC(=O)NCC12CC(C(=O)O)(C1)C(C)O2. The Hall–Kier alpha value is -1.56. The average Bonchev–Trinajstić information content (AvgIpc) is 2.71. The molecule has 3 aliphatic rings. The molecule has 0 aromatic heterocycles. The predicted octanol–water partition coefficient (Wildman–Crippen LogP) is 0.921. The van der Waals surface area contributed by atoms with Gasteiger partial charge in [0.25, 0.3) is 0 Å². The molecule has 6 nitrogen and oxygen atoms in total. The van der Waals surface area contributed by atoms with Gasteiger partial charge < -0.3 is 19.9 Å². The molecule has 2 saturated heterocycles. The number of amides is 1. The molecule has 100 valence electrons. The van der Waals surface area contributed by atoms with Crippen LogP contribution >= 0.6 is 0 Å². The van der Waals surface area contributed by atoms with Gasteiger partial charge in [-0.3, -0.25) is 4.79 Å². The Morgan fingerprint density at radius 1 is 1.61 bits per heavy atom. The van der Waals surface area contributed by atoms with E-state index in [2.05, 4.69) is 11.9 Å². The second kappa shape index (κ2) is 4.28. The van der Waals surface area contributed by atoms with Crippen molar-refractivity contribution < 1.29 is 24.2 Å². The lowest BCUT2D eigenvalue weighted by atomic mass is 9.60. The van der Waals surface area contributed by atoms with Gasteiger partial charge in [0.1, 0.15) is 6.61 Å². The first kappa shape index (κ1) is 12.9. The van der Waals surface area contributed by atoms with Crippen LogP contribution in [0.1, 0.15) is 19.8 Å². The van der Waals surface area contributed by atoms with Gasteiger partial charge in [0.15, 0.2) is 0 Å². The summed E-state index contributed by atoms with van der Waals surface area (Å²) >= 11 is 0. The number of carboxylic acids is 1. The van der Waals surface area contributed by atoms with E-state index in [1.54, 1.807) is 6.92 Å². The van der Waals surface area contributed by atoms with Gasteiger partial charge in [-0.2, -0.15) is 0 Å². The van der Waals surface area contributed by atoms with Crippen LogP contribution in [0, 0.1) is 5.41 Å². The Kier molecular flexibility index (Phi) is 3.06. The molecule has 1 saturated carbocycles. The van der Waals surface area contributed by atoms with Crippen molar-refractivity contribution >= 4 is 12.1 Å². The largest absolute Gasteiger partial charge is 0.481 e. The Balaban J connectivity index is 1.85. The maximum Gasteiger partial charge on any atom is 0.407 e. The molecule has 0 spiro atoms. The molecule has 18 heavy (non-hydrogen) atoms. The van der Waals surface area contributed by atoms with Crippen LogP contribution in [-0.4, -0.2) is 42.0 Å². The zero-order valence-electron chi connectivity index (χ0n) is 10.3. The molecule has 3 fully saturated rings. The molecular formula is C12H17NO5. The molecule has 1 amide bonds. The van der Waals surface area contributed by atoms with Crippen molar-refractivity contribution in [3.8, 4) is 0 Å². The molecule has 0 aromatic carbocycles. The third kappa shape index (κ3) is 1.86. The lowest BCUT2D eigenvalue weighted by Crippen LogP contribution is -2.55. The summed E-state index contributed by atoms with van der Waals surface area (Å²) in [4.78, 5) is 22.5. The summed E-state index contributed by atoms with van der Waals surface area (Å²) in [5.74, 6) is -0.822. The number of nitrogens with one attached hydrogen (secondary N) is 1. The number of rotatable bonds is 5. The number of hydrogen-bond acceptors (Lipinski definition) is 4. The molecule has 2 N–H and O–H groups in total. The number of carbonyl (C=O) groups is 2. The number of carbonyl (C=O) groups excluding carboxylic acids is 1. The van der Waals surface area contributed by atoms with Gasteiger partial charge in [0, 0.05) is 0 Å². The van der Waals surface area contributed by atoms with Gasteiger partial charge in [0.2, 0.25) is 0 Å². The fourth-order valence-electron chi connectivity index (χ4n) is 2.87. The Morgan fingerprint density at radius 2 is 2.28 bits per heavy atom. The molecule has 2 bridgehead atoms. The first-order chi connectivity index (χ1) is 8.44. The monoisotopic (exact) mass is 255 g/mol. The number of alkyl carbamates (subject to hydrolysis) is 1. The van der Waals surface area contributed by atoms with Crippen LogP contribution in [0.25, 0.3) is 0 Å². The van der Waals surface area contributed by atoms with E-state index in [4.69, 9.17) is 9.47 Å². The number of hydrogen-bond donors (Lipinski definition) is 2. The molecule has 2 heterocycles. The van der Waals surface area contributed by atoms with Gasteiger partial charge in [-0.1, -0.05) is 12.7 Å². The maximum atomic E-state index is 11.3. The van der Waals surface area contributed by atoms with E-state index in [9.17, 15) is 14.7 Å². The minimum absolute atomic E-state index is 0.148. The Labute approximate surface area is 105 Å². The first-order valence-electron chi connectivity index (χ1n) is 5.87. The quantitative estimate of drug-likeness (QED) is 0.713. The van der Waals surface area contributed by atoms with Crippen molar-refractivity contribution in [2.75, 3.05) is 13.2 Å². The van der Waals surface area contributed by atoms with E-state index < -0.39 is 23.1 Å². The number of aliphatic carboxylic acids is 1. The summed E-state index contributed by atoms with van der Waals surface area (Å²) in [6, 6.07) is 0. The highest BCUT2D eigenvalue weighted by Gasteiger charge is 2.70. The van der Waals surface area contributed by atoms with Gasteiger partial charge >= 0.3 is 12.1 Å². The Morgan fingerprint density at radius 3 is 2.78 bits per heavy atom. The van der Waals surface area contributed by atoms with Crippen LogP contribution in [0.15, 0.2) is 12.7 Å². The summed E-state index contributed by atoms with van der Waals surface area (Å²) in [7, 11) is 0. The minimum Gasteiger partial charge on any atom is -0.481 e. The van der Waals surface area contributed by atoms with E-state index in [-0.39, 0.29) is 19.3 Å². The van der Waals surface area contributed by atoms with Gasteiger partial charge in [-0.15, -0.1) is 0 Å². The average molecular weight is 255 g/mol. The third-order valence-corrected chi connectivity index (χ3v) is 3.79. The molecule has 3 rings (SSSR count). The first-order valence-corrected chi connectivity index (χ1v) is 5.87. The molecular weight excluding hydrogens is 238 g/mol. The highest BCUT2D eigenvalue weighted by molar-refractivity contribution is 5.78. The highest BCUT2D eigenvalue weighted by Crippen LogP contribution is 2.61. The van der Waals surface area contributed by atoms with E-state index in [1.165, 1.54) is 6.08 Å². The van der Waals surface area contributed by atoms with Crippen molar-refractivity contribution in [1.82, 2.24) is 5.32 Å². The van der Waals surface area contributed by atoms with Crippen molar-refractivity contribution in [3.05, 3.63) is 12.7 Å². The number of fused-ring (bicyclic) bond motifs is 1. The van der Waals surface area contributed by atoms with Crippen molar-refractivity contribution in [3.63, 3.8) is 0 Å². The summed E-state index contributed by atoms with van der Waals surface area (Å²) in [5, 5.41) is 11.8. The van der Waals surface area contributed by atoms with Crippen LogP contribution < -0.4 is 5.32 Å². The smallest absolute Gasteiger partial charge is 0.407 e. The second-order valence-electron chi connectivity index (χ2n) is 5.00. The van der Waals surface area contributed by atoms with Gasteiger partial charge in [-0.25, -0.2) is 4.79 Å². The zero-order valence-corrected chi connectivity index (χ0v) is 10.3. The molecule has 0 aromatic rings. The summed E-state index contributed by atoms with van der Waals surface area (Å²) < 4.78 is 10.4. The van der Waals surface area contributed by atoms with E-state index in [0.29, 0.717) is 12.8 Å². The minimum atomic E-state index is -0.822. The fraction of sp³-hybridized carbons (Fsp3) is 0.667. The predicted molar refractivity (Wildman–Crippen MR) is 62.1 cm³/mol. The lowest BCUT2D eigenvalue weighted by molar-refractivity contribution is -0.154. The summed E-state index contributed by atoms with van der Waals surface area (Å²) in [5.41, 5.74) is -1.31. The van der Waals surface area contributed by atoms with Crippen LogP contribution in [0.5, 0.6) is 0 Å². The molecule has 1 atom stereocenters. The third-order valence-electron chi connectivity index (χ3n) is 3.79. The number of carboxylic acid groups (broad SMARTS) is 1. The normalized spacial score (nSPS) is 36.6. The van der Waals surface area contributed by atoms with Crippen LogP contribution in [0.4, 0.5) is 4.79 Å². The molecule has 2 aliphatic heterocycles. The maximum absolute atomic E-state index is 11.3.